The lowest BCUT2D eigenvalue weighted by Crippen LogP contribution is -2.60. The summed E-state index contributed by atoms with van der Waals surface area (Å²) < 4.78 is 5.83. The number of hydrogen-bond acceptors (Lipinski definition) is 7. The van der Waals surface area contributed by atoms with Gasteiger partial charge in [0.15, 0.2) is 0 Å². The molecule has 0 bridgehead atoms. The number of amides is 1. The minimum Gasteiger partial charge on any atom is -0.478 e. The second kappa shape index (κ2) is 14.2. The van der Waals surface area contributed by atoms with Crippen LogP contribution in [0.5, 0.6) is 11.5 Å². The van der Waals surface area contributed by atoms with Gasteiger partial charge in [-0.05, 0) is 54.3 Å². The molecule has 1 amide bonds. The standard InChI is InChI=1S/C29H41N3O6/c1-4-5-15-32-18-17-31(16-14-25(33)30-26(28(32)35)27(34)20(2)3)19-21-6-10-23(11-7-21)38-24-12-8-22(9-13-24)29(36)37/h6-13,20,26-28,34-35H,4-5,14-19H2,1-3H3,(H,30,33)(H,36,37)/t26-,27-,28?/m1/s1. The Balaban J connectivity index is 1.66. The molecule has 0 radical (unpaired) electrons. The Bertz CT molecular complexity index is 1030. The van der Waals surface area contributed by atoms with Gasteiger partial charge in [0, 0.05) is 39.1 Å². The third kappa shape index (κ3) is 8.52. The van der Waals surface area contributed by atoms with Crippen molar-refractivity contribution in [2.24, 2.45) is 5.92 Å². The summed E-state index contributed by atoms with van der Waals surface area (Å²) in [5.74, 6) is -0.0747. The molecule has 1 saturated heterocycles. The molecule has 4 N–H and O–H groups in total. The maximum absolute atomic E-state index is 12.8. The average Bonchev–Trinajstić information content (AvgIpc) is 2.90. The van der Waals surface area contributed by atoms with Crippen LogP contribution in [0, 0.1) is 5.92 Å². The van der Waals surface area contributed by atoms with Crippen LogP contribution in [0.4, 0.5) is 0 Å². The topological polar surface area (TPSA) is 123 Å². The van der Waals surface area contributed by atoms with Crippen molar-refractivity contribution in [3.05, 3.63) is 59.7 Å². The summed E-state index contributed by atoms with van der Waals surface area (Å²) in [6.45, 7) is 9.03. The van der Waals surface area contributed by atoms with Crippen molar-refractivity contribution < 1.29 is 29.6 Å². The van der Waals surface area contributed by atoms with E-state index in [-0.39, 0.29) is 23.8 Å². The molecule has 9 heteroatoms. The van der Waals surface area contributed by atoms with Gasteiger partial charge < -0.3 is 25.4 Å². The number of hydrogen-bond donors (Lipinski definition) is 4. The minimum atomic E-state index is -0.982. The van der Waals surface area contributed by atoms with Gasteiger partial charge >= 0.3 is 5.97 Å². The van der Waals surface area contributed by atoms with E-state index >= 15 is 0 Å². The number of ether oxygens (including phenoxy) is 1. The molecule has 1 heterocycles. The predicted molar refractivity (Wildman–Crippen MR) is 145 cm³/mol. The number of nitrogens with one attached hydrogen (secondary N) is 1. The van der Waals surface area contributed by atoms with Crippen molar-refractivity contribution in [3.63, 3.8) is 0 Å². The molecule has 38 heavy (non-hydrogen) atoms. The molecular weight excluding hydrogens is 486 g/mol. The Morgan fingerprint density at radius 2 is 1.68 bits per heavy atom. The smallest absolute Gasteiger partial charge is 0.335 e. The molecule has 1 unspecified atom stereocenters. The highest BCUT2D eigenvalue weighted by molar-refractivity contribution is 5.87. The number of nitrogens with zero attached hydrogens (tertiary/aromatic N) is 2. The van der Waals surface area contributed by atoms with Gasteiger partial charge in [0.1, 0.15) is 17.7 Å². The van der Waals surface area contributed by atoms with Crippen LogP contribution in [0.25, 0.3) is 0 Å². The van der Waals surface area contributed by atoms with E-state index in [4.69, 9.17) is 9.84 Å². The second-order valence-corrected chi connectivity index (χ2v) is 10.2. The van der Waals surface area contributed by atoms with E-state index in [1.807, 2.05) is 43.0 Å². The van der Waals surface area contributed by atoms with Gasteiger partial charge in [0.05, 0.1) is 17.7 Å². The first-order valence-corrected chi connectivity index (χ1v) is 13.4. The fourth-order valence-corrected chi connectivity index (χ4v) is 4.50. The zero-order chi connectivity index (χ0) is 27.7. The monoisotopic (exact) mass is 527 g/mol. The highest BCUT2D eigenvalue weighted by atomic mass is 16.5. The summed E-state index contributed by atoms with van der Waals surface area (Å²) in [4.78, 5) is 27.9. The first-order valence-electron chi connectivity index (χ1n) is 13.4. The van der Waals surface area contributed by atoms with E-state index in [0.29, 0.717) is 44.2 Å². The number of carboxylic acid groups (broad SMARTS) is 1. The van der Waals surface area contributed by atoms with Crippen molar-refractivity contribution in [2.45, 2.75) is 65.0 Å². The van der Waals surface area contributed by atoms with Crippen LogP contribution in [0.15, 0.2) is 48.5 Å². The molecule has 3 rings (SSSR count). The summed E-state index contributed by atoms with van der Waals surface area (Å²) in [7, 11) is 0. The summed E-state index contributed by atoms with van der Waals surface area (Å²) in [6, 6.07) is 13.2. The Labute approximate surface area is 225 Å². The molecule has 0 aliphatic carbocycles. The number of aromatic carboxylic acids is 1. The molecule has 9 nitrogen and oxygen atoms in total. The van der Waals surface area contributed by atoms with Gasteiger partial charge in [-0.25, -0.2) is 4.79 Å². The van der Waals surface area contributed by atoms with E-state index in [2.05, 4.69) is 17.1 Å². The van der Waals surface area contributed by atoms with E-state index in [1.54, 1.807) is 12.1 Å². The fraction of sp³-hybridized carbons (Fsp3) is 0.517. The van der Waals surface area contributed by atoms with E-state index in [1.165, 1.54) is 12.1 Å². The quantitative estimate of drug-likeness (QED) is 0.371. The van der Waals surface area contributed by atoms with Crippen molar-refractivity contribution in [3.8, 4) is 11.5 Å². The lowest BCUT2D eigenvalue weighted by atomic mass is 9.97. The maximum atomic E-state index is 12.8. The number of carbonyl (C=O) groups excluding carboxylic acids is 1. The molecule has 0 spiro atoms. The number of benzene rings is 2. The van der Waals surface area contributed by atoms with Crippen LogP contribution in [0.1, 0.15) is 56.0 Å². The van der Waals surface area contributed by atoms with Gasteiger partial charge in [0.2, 0.25) is 5.91 Å². The molecule has 208 valence electrons. The van der Waals surface area contributed by atoms with E-state index in [9.17, 15) is 19.8 Å². The first kappa shape index (κ1) is 29.6. The molecule has 1 aliphatic rings. The molecule has 1 fully saturated rings. The summed E-state index contributed by atoms with van der Waals surface area (Å²) >= 11 is 0. The van der Waals surface area contributed by atoms with Gasteiger partial charge in [-0.1, -0.05) is 39.3 Å². The van der Waals surface area contributed by atoms with Crippen LogP contribution in [-0.4, -0.2) is 81.5 Å². The van der Waals surface area contributed by atoms with Crippen molar-refractivity contribution in [1.82, 2.24) is 15.1 Å². The predicted octanol–water partition coefficient (Wildman–Crippen LogP) is 3.31. The first-order chi connectivity index (χ1) is 18.2. The lowest BCUT2D eigenvalue weighted by molar-refractivity contribution is -0.130. The molecule has 3 atom stereocenters. The highest BCUT2D eigenvalue weighted by Crippen LogP contribution is 2.23. The normalized spacial score (nSPS) is 20.6. The highest BCUT2D eigenvalue weighted by Gasteiger charge is 2.34. The number of aliphatic hydroxyl groups is 2. The third-order valence-electron chi connectivity index (χ3n) is 6.90. The van der Waals surface area contributed by atoms with Gasteiger partial charge in [-0.15, -0.1) is 0 Å². The molecule has 0 saturated carbocycles. The van der Waals surface area contributed by atoms with E-state index < -0.39 is 24.3 Å². The molecule has 1 aliphatic heterocycles. The van der Waals surface area contributed by atoms with Crippen LogP contribution >= 0.6 is 0 Å². The number of aliphatic hydroxyl groups excluding tert-OH is 2. The van der Waals surface area contributed by atoms with Gasteiger partial charge in [-0.2, -0.15) is 0 Å². The van der Waals surface area contributed by atoms with Crippen LogP contribution < -0.4 is 10.1 Å². The van der Waals surface area contributed by atoms with Crippen LogP contribution in [0.2, 0.25) is 0 Å². The third-order valence-corrected chi connectivity index (χ3v) is 6.90. The maximum Gasteiger partial charge on any atom is 0.335 e. The zero-order valence-electron chi connectivity index (χ0n) is 22.5. The number of carboxylic acids is 1. The second-order valence-electron chi connectivity index (χ2n) is 10.2. The molecule has 0 aromatic heterocycles. The Morgan fingerprint density at radius 3 is 2.26 bits per heavy atom. The Morgan fingerprint density at radius 1 is 1.05 bits per heavy atom. The summed E-state index contributed by atoms with van der Waals surface area (Å²) in [5.41, 5.74) is 1.26. The number of carbonyl (C=O) groups is 2. The van der Waals surface area contributed by atoms with Crippen molar-refractivity contribution in [1.29, 1.82) is 0 Å². The summed E-state index contributed by atoms with van der Waals surface area (Å²) in [5, 5.41) is 33.8. The van der Waals surface area contributed by atoms with Crippen molar-refractivity contribution >= 4 is 11.9 Å². The summed E-state index contributed by atoms with van der Waals surface area (Å²) in [6.07, 6.45) is 0.356. The lowest BCUT2D eigenvalue weighted by Gasteiger charge is -2.39. The SMILES string of the molecule is CCCCN1CCN(Cc2ccc(Oc3ccc(C(=O)O)cc3)cc2)CCC(=O)N[C@H]([C@H](O)C(C)C)C1O. The average molecular weight is 528 g/mol. The Kier molecular flexibility index (Phi) is 11.1. The minimum absolute atomic E-state index is 0.0986. The molecule has 2 aromatic rings. The molecular formula is C29H41N3O6. The van der Waals surface area contributed by atoms with Crippen LogP contribution in [0.3, 0.4) is 0 Å². The van der Waals surface area contributed by atoms with Gasteiger partial charge in [0.25, 0.3) is 0 Å². The number of rotatable bonds is 10. The van der Waals surface area contributed by atoms with Crippen molar-refractivity contribution in [2.75, 3.05) is 26.2 Å². The van der Waals surface area contributed by atoms with Crippen LogP contribution in [-0.2, 0) is 11.3 Å². The zero-order valence-corrected chi connectivity index (χ0v) is 22.5. The Hall–Kier alpha value is -2.98. The fourth-order valence-electron chi connectivity index (χ4n) is 4.50. The van der Waals surface area contributed by atoms with E-state index in [0.717, 1.165) is 18.4 Å². The number of unbranched alkanes of at least 4 members (excludes halogenated alkanes) is 1. The largest absolute Gasteiger partial charge is 0.478 e. The molecule has 2 aromatic carbocycles. The van der Waals surface area contributed by atoms with Gasteiger partial charge in [-0.3, -0.25) is 14.6 Å².